The number of rotatable bonds is 3. The smallest absolute Gasteiger partial charge is 0.338 e. The molecule has 0 amide bonds. The van der Waals surface area contributed by atoms with Gasteiger partial charge >= 0.3 is 5.97 Å². The molecule has 1 aromatic rings. The Hall–Kier alpha value is -1.62. The van der Waals surface area contributed by atoms with Gasteiger partial charge in [0.25, 0.3) is 0 Å². The number of halogens is 1. The second-order valence-corrected chi connectivity index (χ2v) is 4.10. The van der Waals surface area contributed by atoms with E-state index in [0.717, 1.165) is 6.42 Å². The molecule has 1 unspecified atom stereocenters. The molecule has 5 heteroatoms. The van der Waals surface area contributed by atoms with Gasteiger partial charge in [0.1, 0.15) is 5.82 Å². The Balaban J connectivity index is 2.21. The summed E-state index contributed by atoms with van der Waals surface area (Å²) in [6.07, 6.45) is 0.902. The lowest BCUT2D eigenvalue weighted by atomic mass is 10.1. The van der Waals surface area contributed by atoms with Gasteiger partial charge in [-0.1, -0.05) is 0 Å². The van der Waals surface area contributed by atoms with E-state index < -0.39 is 11.8 Å². The number of carboxylic acid groups (broad SMARTS) is 1. The van der Waals surface area contributed by atoms with Crippen LogP contribution in [0.2, 0.25) is 0 Å². The van der Waals surface area contributed by atoms with Crippen molar-refractivity contribution < 1.29 is 19.0 Å². The minimum Gasteiger partial charge on any atom is -0.478 e. The lowest BCUT2D eigenvalue weighted by Gasteiger charge is -2.25. The fraction of sp³-hybridized carbons (Fsp3) is 0.417. The number of anilines is 1. The molecule has 92 valence electrons. The highest BCUT2D eigenvalue weighted by molar-refractivity contribution is 5.88. The zero-order valence-electron chi connectivity index (χ0n) is 9.52. The largest absolute Gasteiger partial charge is 0.478 e. The maximum Gasteiger partial charge on any atom is 0.338 e. The summed E-state index contributed by atoms with van der Waals surface area (Å²) >= 11 is 0. The lowest BCUT2D eigenvalue weighted by molar-refractivity contribution is 0.0692. The zero-order chi connectivity index (χ0) is 12.4. The average Bonchev–Trinajstić information content (AvgIpc) is 2.80. The lowest BCUT2D eigenvalue weighted by Crippen LogP contribution is -2.31. The minimum absolute atomic E-state index is 0.227. The molecule has 1 aliphatic rings. The molecule has 1 atom stereocenters. The normalized spacial score (nSPS) is 19.3. The standard InChI is InChI=1S/C12H14FNO3/c1-14(9-4-5-17-7-9)8-2-3-10(12(15)16)11(13)6-8/h2-3,6,9H,4-5,7H2,1H3,(H,15,16). The number of ether oxygens (including phenoxy) is 1. The molecule has 0 bridgehead atoms. The van der Waals surface area contributed by atoms with Crippen LogP contribution in [0, 0.1) is 5.82 Å². The molecular weight excluding hydrogens is 225 g/mol. The maximum absolute atomic E-state index is 13.5. The predicted molar refractivity (Wildman–Crippen MR) is 61.0 cm³/mol. The molecule has 1 heterocycles. The van der Waals surface area contributed by atoms with Crippen LogP contribution in [0.4, 0.5) is 10.1 Å². The average molecular weight is 239 g/mol. The van der Waals surface area contributed by atoms with Gasteiger partial charge in [-0.3, -0.25) is 0 Å². The Bertz CT molecular complexity index is 430. The topological polar surface area (TPSA) is 49.8 Å². The van der Waals surface area contributed by atoms with Crippen molar-refractivity contribution in [2.24, 2.45) is 0 Å². The zero-order valence-corrected chi connectivity index (χ0v) is 9.52. The number of nitrogens with zero attached hydrogens (tertiary/aromatic N) is 1. The van der Waals surface area contributed by atoms with Crippen LogP contribution >= 0.6 is 0 Å². The van der Waals surface area contributed by atoms with Crippen molar-refractivity contribution in [2.75, 3.05) is 25.2 Å². The highest BCUT2D eigenvalue weighted by Crippen LogP contribution is 2.22. The molecule has 1 fully saturated rings. The Morgan fingerprint density at radius 3 is 2.88 bits per heavy atom. The first kappa shape index (κ1) is 11.9. The fourth-order valence-electron chi connectivity index (χ4n) is 1.94. The molecule has 0 spiro atoms. The minimum atomic E-state index is -1.25. The van der Waals surface area contributed by atoms with Crippen molar-refractivity contribution in [3.8, 4) is 0 Å². The van der Waals surface area contributed by atoms with Crippen molar-refractivity contribution in [3.05, 3.63) is 29.6 Å². The van der Waals surface area contributed by atoms with E-state index in [4.69, 9.17) is 9.84 Å². The van der Waals surface area contributed by atoms with Crippen molar-refractivity contribution in [1.82, 2.24) is 0 Å². The first-order valence-electron chi connectivity index (χ1n) is 5.43. The predicted octanol–water partition coefficient (Wildman–Crippen LogP) is 1.75. The summed E-state index contributed by atoms with van der Waals surface area (Å²) in [5.41, 5.74) is 0.368. The Morgan fingerprint density at radius 2 is 2.35 bits per heavy atom. The first-order valence-corrected chi connectivity index (χ1v) is 5.43. The third-order valence-electron chi connectivity index (χ3n) is 3.04. The number of aromatic carboxylic acids is 1. The number of benzene rings is 1. The highest BCUT2D eigenvalue weighted by Gasteiger charge is 2.21. The molecule has 1 aliphatic heterocycles. The van der Waals surface area contributed by atoms with Gasteiger partial charge in [-0.25, -0.2) is 9.18 Å². The van der Waals surface area contributed by atoms with Crippen LogP contribution in [0.1, 0.15) is 16.8 Å². The van der Waals surface area contributed by atoms with Gasteiger partial charge in [0.05, 0.1) is 18.2 Å². The van der Waals surface area contributed by atoms with Crippen molar-refractivity contribution in [1.29, 1.82) is 0 Å². The number of likely N-dealkylation sites (N-methyl/N-ethyl adjacent to an activating group) is 1. The molecule has 17 heavy (non-hydrogen) atoms. The van der Waals surface area contributed by atoms with Gasteiger partial charge in [0.15, 0.2) is 0 Å². The molecule has 0 radical (unpaired) electrons. The van der Waals surface area contributed by atoms with Crippen molar-refractivity contribution in [2.45, 2.75) is 12.5 Å². The summed E-state index contributed by atoms with van der Waals surface area (Å²) in [5, 5.41) is 8.73. The number of carbonyl (C=O) groups is 1. The summed E-state index contributed by atoms with van der Waals surface area (Å²) in [4.78, 5) is 12.6. The van der Waals surface area contributed by atoms with Crippen LogP contribution in [-0.4, -0.2) is 37.4 Å². The summed E-state index contributed by atoms with van der Waals surface area (Å²) in [6.45, 7) is 1.34. The van der Waals surface area contributed by atoms with E-state index >= 15 is 0 Å². The van der Waals surface area contributed by atoms with Crippen LogP contribution in [0.5, 0.6) is 0 Å². The van der Waals surface area contributed by atoms with Crippen LogP contribution in [0.25, 0.3) is 0 Å². The quantitative estimate of drug-likeness (QED) is 0.873. The Labute approximate surface area is 98.6 Å². The molecule has 4 nitrogen and oxygen atoms in total. The number of carboxylic acids is 1. The molecule has 2 rings (SSSR count). The molecule has 1 aromatic carbocycles. The second-order valence-electron chi connectivity index (χ2n) is 4.10. The van der Waals surface area contributed by atoms with Crippen LogP contribution in [-0.2, 0) is 4.74 Å². The molecule has 1 saturated heterocycles. The monoisotopic (exact) mass is 239 g/mol. The van der Waals surface area contributed by atoms with Crippen LogP contribution in [0.3, 0.4) is 0 Å². The van der Waals surface area contributed by atoms with Gasteiger partial charge in [-0.2, -0.15) is 0 Å². The van der Waals surface area contributed by atoms with Crippen LogP contribution in [0.15, 0.2) is 18.2 Å². The van der Waals surface area contributed by atoms with E-state index in [0.29, 0.717) is 18.9 Å². The highest BCUT2D eigenvalue weighted by atomic mass is 19.1. The fourth-order valence-corrected chi connectivity index (χ4v) is 1.94. The molecule has 0 aromatic heterocycles. The molecule has 0 saturated carbocycles. The van der Waals surface area contributed by atoms with E-state index in [1.807, 2.05) is 11.9 Å². The summed E-state index contributed by atoms with van der Waals surface area (Å²) in [7, 11) is 1.86. The summed E-state index contributed by atoms with van der Waals surface area (Å²) in [6, 6.07) is 4.39. The number of hydrogen-bond donors (Lipinski definition) is 1. The summed E-state index contributed by atoms with van der Waals surface area (Å²) in [5.74, 6) is -1.96. The van der Waals surface area contributed by atoms with E-state index in [2.05, 4.69) is 0 Å². The van der Waals surface area contributed by atoms with Gasteiger partial charge in [0.2, 0.25) is 0 Å². The van der Waals surface area contributed by atoms with E-state index in [-0.39, 0.29) is 11.6 Å². The SMILES string of the molecule is CN(c1ccc(C(=O)O)c(F)c1)C1CCOC1. The van der Waals surface area contributed by atoms with Gasteiger partial charge in [0, 0.05) is 19.3 Å². The molecule has 0 aliphatic carbocycles. The van der Waals surface area contributed by atoms with Gasteiger partial charge < -0.3 is 14.7 Å². The van der Waals surface area contributed by atoms with Crippen molar-refractivity contribution >= 4 is 11.7 Å². The van der Waals surface area contributed by atoms with Crippen molar-refractivity contribution in [3.63, 3.8) is 0 Å². The third-order valence-corrected chi connectivity index (χ3v) is 3.04. The van der Waals surface area contributed by atoms with E-state index in [1.54, 1.807) is 6.07 Å². The van der Waals surface area contributed by atoms with E-state index in [9.17, 15) is 9.18 Å². The number of hydrogen-bond acceptors (Lipinski definition) is 3. The Morgan fingerprint density at radius 1 is 1.59 bits per heavy atom. The summed E-state index contributed by atoms with van der Waals surface area (Å²) < 4.78 is 18.8. The molecular formula is C12H14FNO3. The van der Waals surface area contributed by atoms with E-state index in [1.165, 1.54) is 12.1 Å². The Kier molecular flexibility index (Phi) is 3.28. The maximum atomic E-state index is 13.5. The third kappa shape index (κ3) is 2.39. The second kappa shape index (κ2) is 4.71. The molecule has 1 N–H and O–H groups in total. The first-order chi connectivity index (χ1) is 8.09. The van der Waals surface area contributed by atoms with Gasteiger partial charge in [-0.15, -0.1) is 0 Å². The van der Waals surface area contributed by atoms with Crippen LogP contribution < -0.4 is 4.90 Å². The van der Waals surface area contributed by atoms with Gasteiger partial charge in [-0.05, 0) is 24.6 Å².